The molecule has 0 aliphatic carbocycles. The second-order valence-corrected chi connectivity index (χ2v) is 2.40. The Bertz CT molecular complexity index is 107. The molecular weight excluding hydrogens is 102 g/mol. The summed E-state index contributed by atoms with van der Waals surface area (Å²) in [6.45, 7) is 4.74. The van der Waals surface area contributed by atoms with Crippen molar-refractivity contribution in [2.75, 3.05) is 6.61 Å². The topological polar surface area (TPSA) is 21.6 Å². The van der Waals surface area contributed by atoms with Gasteiger partial charge in [0.05, 0.1) is 6.61 Å². The van der Waals surface area contributed by atoms with E-state index < -0.39 is 0 Å². The van der Waals surface area contributed by atoms with Crippen molar-refractivity contribution in [1.29, 1.82) is 0 Å². The van der Waals surface area contributed by atoms with Gasteiger partial charge in [-0.15, -0.1) is 0 Å². The molecule has 0 radical (unpaired) electrons. The van der Waals surface area contributed by atoms with Gasteiger partial charge in [-0.2, -0.15) is 0 Å². The largest absolute Gasteiger partial charge is 0.354 e. The Kier molecular flexibility index (Phi) is 1.34. The number of aliphatic imine (C=N–C) groups is 1. The molecule has 1 rings (SSSR count). The van der Waals surface area contributed by atoms with E-state index in [-0.39, 0.29) is 5.72 Å². The molecule has 1 heterocycles. The average molecular weight is 113 g/mol. The maximum absolute atomic E-state index is 5.27. The summed E-state index contributed by atoms with van der Waals surface area (Å²) in [4.78, 5) is 4.11. The average Bonchev–Trinajstić information content (AvgIpc) is 1.65. The van der Waals surface area contributed by atoms with Crippen LogP contribution in [-0.4, -0.2) is 18.5 Å². The minimum atomic E-state index is -0.252. The summed E-state index contributed by atoms with van der Waals surface area (Å²) < 4.78 is 5.27. The van der Waals surface area contributed by atoms with E-state index in [4.69, 9.17) is 4.74 Å². The standard InChI is InChI=1S/C6H11NO/c1-6(2)7-4-3-5-8-6/h4H,3,5H2,1-2H3. The lowest BCUT2D eigenvalue weighted by atomic mass is 10.3. The van der Waals surface area contributed by atoms with E-state index in [1.54, 1.807) is 0 Å². The quantitative estimate of drug-likeness (QED) is 0.462. The van der Waals surface area contributed by atoms with Gasteiger partial charge in [-0.3, -0.25) is 4.99 Å². The molecule has 2 heteroatoms. The molecule has 0 unspecified atom stereocenters. The van der Waals surface area contributed by atoms with Crippen molar-refractivity contribution in [2.24, 2.45) is 4.99 Å². The SMILES string of the molecule is CC1(C)N=CCCO1. The highest BCUT2D eigenvalue weighted by Gasteiger charge is 2.16. The zero-order valence-corrected chi connectivity index (χ0v) is 5.35. The van der Waals surface area contributed by atoms with E-state index in [1.807, 2.05) is 20.1 Å². The molecule has 0 fully saturated rings. The summed E-state index contributed by atoms with van der Waals surface area (Å²) in [5.41, 5.74) is -0.252. The molecule has 1 aliphatic heterocycles. The Labute approximate surface area is 49.6 Å². The van der Waals surface area contributed by atoms with E-state index in [9.17, 15) is 0 Å². The highest BCUT2D eigenvalue weighted by molar-refractivity contribution is 5.58. The third-order valence-electron chi connectivity index (χ3n) is 1.10. The second kappa shape index (κ2) is 1.86. The van der Waals surface area contributed by atoms with Crippen LogP contribution in [0.4, 0.5) is 0 Å². The molecule has 0 saturated heterocycles. The van der Waals surface area contributed by atoms with Gasteiger partial charge in [0.1, 0.15) is 0 Å². The summed E-state index contributed by atoms with van der Waals surface area (Å²) in [5.74, 6) is 0. The van der Waals surface area contributed by atoms with E-state index in [0.29, 0.717) is 0 Å². The van der Waals surface area contributed by atoms with Gasteiger partial charge in [-0.1, -0.05) is 0 Å². The fraction of sp³-hybridized carbons (Fsp3) is 0.833. The van der Waals surface area contributed by atoms with Crippen LogP contribution in [0.1, 0.15) is 20.3 Å². The van der Waals surface area contributed by atoms with Crippen LogP contribution >= 0.6 is 0 Å². The first kappa shape index (κ1) is 5.76. The van der Waals surface area contributed by atoms with Crippen molar-refractivity contribution < 1.29 is 4.74 Å². The molecule has 0 saturated carbocycles. The maximum Gasteiger partial charge on any atom is 0.153 e. The molecular formula is C6H11NO. The number of ether oxygens (including phenoxy) is 1. The molecule has 46 valence electrons. The second-order valence-electron chi connectivity index (χ2n) is 2.40. The summed E-state index contributed by atoms with van der Waals surface area (Å²) in [6.07, 6.45) is 2.88. The molecule has 0 bridgehead atoms. The fourth-order valence-electron chi connectivity index (χ4n) is 0.683. The number of hydrogen-bond acceptors (Lipinski definition) is 2. The van der Waals surface area contributed by atoms with Crippen LogP contribution < -0.4 is 0 Å². The number of rotatable bonds is 0. The lowest BCUT2D eigenvalue weighted by Crippen LogP contribution is -2.25. The zero-order chi connectivity index (χ0) is 6.04. The maximum atomic E-state index is 5.27. The van der Waals surface area contributed by atoms with Gasteiger partial charge < -0.3 is 4.74 Å². The molecule has 2 nitrogen and oxygen atoms in total. The van der Waals surface area contributed by atoms with Gasteiger partial charge in [-0.25, -0.2) is 0 Å². The van der Waals surface area contributed by atoms with E-state index in [1.165, 1.54) is 0 Å². The molecule has 8 heavy (non-hydrogen) atoms. The van der Waals surface area contributed by atoms with Gasteiger partial charge in [0, 0.05) is 12.6 Å². The summed E-state index contributed by atoms with van der Waals surface area (Å²) in [7, 11) is 0. The van der Waals surface area contributed by atoms with Crippen molar-refractivity contribution in [3.63, 3.8) is 0 Å². The summed E-state index contributed by atoms with van der Waals surface area (Å²) >= 11 is 0. The van der Waals surface area contributed by atoms with Crippen molar-refractivity contribution in [2.45, 2.75) is 26.0 Å². The molecule has 0 amide bonds. The predicted molar refractivity (Wildman–Crippen MR) is 33.1 cm³/mol. The lowest BCUT2D eigenvalue weighted by molar-refractivity contribution is -0.0135. The third kappa shape index (κ3) is 1.30. The lowest BCUT2D eigenvalue weighted by Gasteiger charge is -2.23. The van der Waals surface area contributed by atoms with Crippen LogP contribution in [0.25, 0.3) is 0 Å². The Balaban J connectivity index is 2.56. The van der Waals surface area contributed by atoms with Crippen LogP contribution in [0.5, 0.6) is 0 Å². The monoisotopic (exact) mass is 113 g/mol. The third-order valence-corrected chi connectivity index (χ3v) is 1.10. The first-order valence-electron chi connectivity index (χ1n) is 2.88. The van der Waals surface area contributed by atoms with Crippen molar-refractivity contribution >= 4 is 6.21 Å². The first-order chi connectivity index (χ1) is 3.71. The van der Waals surface area contributed by atoms with Gasteiger partial charge >= 0.3 is 0 Å². The van der Waals surface area contributed by atoms with Crippen molar-refractivity contribution in [3.8, 4) is 0 Å². The number of nitrogens with zero attached hydrogens (tertiary/aromatic N) is 1. The normalized spacial score (nSPS) is 25.8. The van der Waals surface area contributed by atoms with Gasteiger partial charge in [-0.05, 0) is 13.8 Å². The smallest absolute Gasteiger partial charge is 0.153 e. The molecule has 0 spiro atoms. The molecule has 0 N–H and O–H groups in total. The fourth-order valence-corrected chi connectivity index (χ4v) is 0.683. The van der Waals surface area contributed by atoms with Crippen molar-refractivity contribution in [3.05, 3.63) is 0 Å². The van der Waals surface area contributed by atoms with E-state index >= 15 is 0 Å². The zero-order valence-electron chi connectivity index (χ0n) is 5.35. The van der Waals surface area contributed by atoms with Crippen LogP contribution in [0.15, 0.2) is 4.99 Å². The Morgan fingerprint density at radius 1 is 1.62 bits per heavy atom. The summed E-state index contributed by atoms with van der Waals surface area (Å²) in [6, 6.07) is 0. The Morgan fingerprint density at radius 3 is 2.62 bits per heavy atom. The van der Waals surface area contributed by atoms with Gasteiger partial charge in [0.25, 0.3) is 0 Å². The minimum absolute atomic E-state index is 0.252. The molecule has 0 aromatic carbocycles. The van der Waals surface area contributed by atoms with Gasteiger partial charge in [0.2, 0.25) is 0 Å². The highest BCUT2D eigenvalue weighted by atomic mass is 16.5. The highest BCUT2D eigenvalue weighted by Crippen LogP contribution is 2.13. The first-order valence-corrected chi connectivity index (χ1v) is 2.88. The molecule has 1 aliphatic rings. The van der Waals surface area contributed by atoms with Crippen LogP contribution in [0.2, 0.25) is 0 Å². The summed E-state index contributed by atoms with van der Waals surface area (Å²) in [5, 5.41) is 0. The van der Waals surface area contributed by atoms with Gasteiger partial charge in [0.15, 0.2) is 5.72 Å². The van der Waals surface area contributed by atoms with E-state index in [2.05, 4.69) is 4.99 Å². The van der Waals surface area contributed by atoms with Crippen LogP contribution in [0.3, 0.4) is 0 Å². The Hall–Kier alpha value is -0.370. The van der Waals surface area contributed by atoms with Crippen molar-refractivity contribution in [1.82, 2.24) is 0 Å². The van der Waals surface area contributed by atoms with Crippen LogP contribution in [0, 0.1) is 0 Å². The number of hydrogen-bond donors (Lipinski definition) is 0. The molecule has 0 aromatic rings. The molecule has 0 aromatic heterocycles. The Morgan fingerprint density at radius 2 is 2.38 bits per heavy atom. The minimum Gasteiger partial charge on any atom is -0.354 e. The van der Waals surface area contributed by atoms with Crippen LogP contribution in [-0.2, 0) is 4.74 Å². The predicted octanol–water partition coefficient (Wildman–Crippen LogP) is 1.21. The van der Waals surface area contributed by atoms with E-state index in [0.717, 1.165) is 13.0 Å². The molecule has 0 atom stereocenters.